The Morgan fingerprint density at radius 1 is 1.32 bits per heavy atom. The number of benzene rings is 1. The van der Waals surface area contributed by atoms with Gasteiger partial charge in [0.2, 0.25) is 0 Å². The molecule has 0 saturated carbocycles. The van der Waals surface area contributed by atoms with Crippen molar-refractivity contribution in [1.29, 1.82) is 0 Å². The van der Waals surface area contributed by atoms with Gasteiger partial charge in [0, 0.05) is 19.1 Å². The van der Waals surface area contributed by atoms with E-state index in [-0.39, 0.29) is 0 Å². The van der Waals surface area contributed by atoms with Gasteiger partial charge in [0.25, 0.3) is 0 Å². The lowest BCUT2D eigenvalue weighted by Crippen LogP contribution is -2.33. The molecule has 3 heteroatoms. The first-order chi connectivity index (χ1) is 9.26. The Hall–Kier alpha value is -1.06. The third-order valence-corrected chi connectivity index (χ3v) is 4.05. The lowest BCUT2D eigenvalue weighted by Gasteiger charge is -2.21. The molecule has 0 amide bonds. The van der Waals surface area contributed by atoms with Crippen molar-refractivity contribution in [3.05, 3.63) is 29.3 Å². The van der Waals surface area contributed by atoms with E-state index < -0.39 is 0 Å². The van der Waals surface area contributed by atoms with E-state index in [0.717, 1.165) is 38.0 Å². The van der Waals surface area contributed by atoms with Gasteiger partial charge in [-0.2, -0.15) is 0 Å². The van der Waals surface area contributed by atoms with Crippen LogP contribution in [0.4, 0.5) is 0 Å². The van der Waals surface area contributed by atoms with E-state index in [1.54, 1.807) is 6.07 Å². The molecule has 106 valence electrons. The molecule has 1 aromatic carbocycles. The summed E-state index contributed by atoms with van der Waals surface area (Å²) in [7, 11) is 0. The van der Waals surface area contributed by atoms with Crippen LogP contribution in [0.25, 0.3) is 0 Å². The van der Waals surface area contributed by atoms with Crippen molar-refractivity contribution >= 4 is 0 Å². The van der Waals surface area contributed by atoms with Crippen molar-refractivity contribution < 1.29 is 5.11 Å². The summed E-state index contributed by atoms with van der Waals surface area (Å²) < 4.78 is 0. The standard InChI is InChI=1S/C16H26N2O/c1-3-11-18(4-2)12-10-17-15-9-8-14-13(15)6-5-7-16(14)19/h5-7,15,17,19H,3-4,8-12H2,1-2H3. The van der Waals surface area contributed by atoms with E-state index in [1.807, 2.05) is 6.07 Å². The summed E-state index contributed by atoms with van der Waals surface area (Å²) in [4.78, 5) is 2.48. The van der Waals surface area contributed by atoms with Crippen LogP contribution in [-0.4, -0.2) is 36.2 Å². The first-order valence-electron chi connectivity index (χ1n) is 7.52. The summed E-state index contributed by atoms with van der Waals surface area (Å²) in [5, 5.41) is 13.5. The molecule has 0 bridgehead atoms. The molecule has 3 nitrogen and oxygen atoms in total. The van der Waals surface area contributed by atoms with E-state index in [4.69, 9.17) is 0 Å². The molecule has 0 aromatic heterocycles. The van der Waals surface area contributed by atoms with Gasteiger partial charge >= 0.3 is 0 Å². The van der Waals surface area contributed by atoms with Crippen LogP contribution in [0.5, 0.6) is 5.75 Å². The average Bonchev–Trinajstić information content (AvgIpc) is 2.83. The number of nitrogens with one attached hydrogen (secondary N) is 1. The van der Waals surface area contributed by atoms with Gasteiger partial charge < -0.3 is 15.3 Å². The molecule has 1 aliphatic rings. The molecule has 1 unspecified atom stereocenters. The Kier molecular flexibility index (Phi) is 5.23. The fraction of sp³-hybridized carbons (Fsp3) is 0.625. The SMILES string of the molecule is CCCN(CC)CCNC1CCc2c(O)cccc21. The summed E-state index contributed by atoms with van der Waals surface area (Å²) in [6, 6.07) is 6.30. The molecule has 1 aliphatic carbocycles. The molecule has 1 atom stereocenters. The van der Waals surface area contributed by atoms with Crippen LogP contribution in [-0.2, 0) is 6.42 Å². The lowest BCUT2D eigenvalue weighted by atomic mass is 10.1. The van der Waals surface area contributed by atoms with Gasteiger partial charge in [-0.1, -0.05) is 26.0 Å². The maximum Gasteiger partial charge on any atom is 0.119 e. The summed E-state index contributed by atoms with van der Waals surface area (Å²) in [5.41, 5.74) is 2.43. The van der Waals surface area contributed by atoms with Gasteiger partial charge in [-0.05, 0) is 49.5 Å². The van der Waals surface area contributed by atoms with Gasteiger partial charge in [0.05, 0.1) is 0 Å². The maximum atomic E-state index is 9.83. The highest BCUT2D eigenvalue weighted by molar-refractivity contribution is 5.44. The highest BCUT2D eigenvalue weighted by Crippen LogP contribution is 2.35. The highest BCUT2D eigenvalue weighted by atomic mass is 16.3. The summed E-state index contributed by atoms with van der Waals surface area (Å²) in [6.07, 6.45) is 3.31. The Morgan fingerprint density at radius 2 is 2.16 bits per heavy atom. The summed E-state index contributed by atoms with van der Waals surface area (Å²) >= 11 is 0. The second kappa shape index (κ2) is 6.92. The predicted molar refractivity (Wildman–Crippen MR) is 79.6 cm³/mol. The summed E-state index contributed by atoms with van der Waals surface area (Å²) in [5.74, 6) is 0.461. The van der Waals surface area contributed by atoms with Gasteiger partial charge in [0.15, 0.2) is 0 Å². The number of aromatic hydroxyl groups is 1. The molecule has 1 aromatic rings. The lowest BCUT2D eigenvalue weighted by molar-refractivity contribution is 0.282. The monoisotopic (exact) mass is 262 g/mol. The minimum Gasteiger partial charge on any atom is -0.508 e. The Balaban J connectivity index is 1.84. The van der Waals surface area contributed by atoms with Crippen LogP contribution < -0.4 is 5.32 Å². The minimum atomic E-state index is 0.419. The number of likely N-dealkylation sites (N-methyl/N-ethyl adjacent to an activating group) is 1. The number of rotatable bonds is 7. The molecule has 0 radical (unpaired) electrons. The van der Waals surface area contributed by atoms with Crippen LogP contribution in [0.2, 0.25) is 0 Å². The minimum absolute atomic E-state index is 0.419. The van der Waals surface area contributed by atoms with E-state index in [2.05, 4.69) is 30.1 Å². The van der Waals surface area contributed by atoms with Crippen LogP contribution in [0, 0.1) is 0 Å². The highest BCUT2D eigenvalue weighted by Gasteiger charge is 2.23. The van der Waals surface area contributed by atoms with Crippen LogP contribution in [0.3, 0.4) is 0 Å². The van der Waals surface area contributed by atoms with Gasteiger partial charge in [-0.25, -0.2) is 0 Å². The molecule has 0 spiro atoms. The average molecular weight is 262 g/mol. The fourth-order valence-corrected chi connectivity index (χ4v) is 2.99. The van der Waals surface area contributed by atoms with Crippen molar-refractivity contribution in [2.45, 2.75) is 39.2 Å². The van der Waals surface area contributed by atoms with Crippen molar-refractivity contribution in [3.8, 4) is 5.75 Å². The van der Waals surface area contributed by atoms with Crippen molar-refractivity contribution in [1.82, 2.24) is 10.2 Å². The largest absolute Gasteiger partial charge is 0.508 e. The van der Waals surface area contributed by atoms with Crippen molar-refractivity contribution in [2.75, 3.05) is 26.2 Å². The molecular formula is C16H26N2O. The molecule has 0 saturated heterocycles. The normalized spacial score (nSPS) is 17.9. The molecule has 2 N–H and O–H groups in total. The Bertz CT molecular complexity index is 406. The van der Waals surface area contributed by atoms with Gasteiger partial charge in [0.1, 0.15) is 5.75 Å². The number of phenolic OH excluding ortho intramolecular Hbond substituents is 1. The smallest absolute Gasteiger partial charge is 0.119 e. The van der Waals surface area contributed by atoms with E-state index in [1.165, 1.54) is 18.5 Å². The number of phenols is 1. The quantitative estimate of drug-likeness (QED) is 0.793. The molecule has 2 rings (SSSR count). The third kappa shape index (κ3) is 3.48. The number of hydrogen-bond acceptors (Lipinski definition) is 3. The van der Waals surface area contributed by atoms with Gasteiger partial charge in [-0.15, -0.1) is 0 Å². The molecule has 19 heavy (non-hydrogen) atoms. The fourth-order valence-electron chi connectivity index (χ4n) is 2.99. The molecule has 0 fully saturated rings. The van der Waals surface area contributed by atoms with E-state index in [9.17, 15) is 5.11 Å². The zero-order valence-electron chi connectivity index (χ0n) is 12.2. The van der Waals surface area contributed by atoms with Crippen molar-refractivity contribution in [2.24, 2.45) is 0 Å². The predicted octanol–water partition coefficient (Wildman–Crippen LogP) is 2.70. The van der Waals surface area contributed by atoms with E-state index in [0.29, 0.717) is 11.8 Å². The molecule has 0 heterocycles. The maximum absolute atomic E-state index is 9.83. The van der Waals surface area contributed by atoms with Crippen LogP contribution >= 0.6 is 0 Å². The number of nitrogens with zero attached hydrogens (tertiary/aromatic N) is 1. The second-order valence-corrected chi connectivity index (χ2v) is 5.32. The second-order valence-electron chi connectivity index (χ2n) is 5.32. The van der Waals surface area contributed by atoms with E-state index >= 15 is 0 Å². The molecular weight excluding hydrogens is 236 g/mol. The Labute approximate surface area is 116 Å². The van der Waals surface area contributed by atoms with Crippen molar-refractivity contribution in [3.63, 3.8) is 0 Å². The van der Waals surface area contributed by atoms with Crippen LogP contribution in [0.1, 0.15) is 43.9 Å². The topological polar surface area (TPSA) is 35.5 Å². The first kappa shape index (κ1) is 14.4. The zero-order chi connectivity index (χ0) is 13.7. The van der Waals surface area contributed by atoms with Crippen LogP contribution in [0.15, 0.2) is 18.2 Å². The first-order valence-corrected chi connectivity index (χ1v) is 7.52. The molecule has 0 aliphatic heterocycles. The Morgan fingerprint density at radius 3 is 2.89 bits per heavy atom. The third-order valence-electron chi connectivity index (χ3n) is 4.05. The zero-order valence-corrected chi connectivity index (χ0v) is 12.2. The van der Waals surface area contributed by atoms with Gasteiger partial charge in [-0.3, -0.25) is 0 Å². The number of hydrogen-bond donors (Lipinski definition) is 2. The number of fused-ring (bicyclic) bond motifs is 1. The summed E-state index contributed by atoms with van der Waals surface area (Å²) in [6.45, 7) is 8.88.